The number of rotatable bonds is 3. The van der Waals surface area contributed by atoms with E-state index in [1.807, 2.05) is 13.8 Å². The average molecular weight is 213 g/mol. The molecule has 0 spiro atoms. The van der Waals surface area contributed by atoms with Gasteiger partial charge in [-0.1, -0.05) is 13.3 Å². The van der Waals surface area contributed by atoms with Crippen LogP contribution in [0.25, 0.3) is 0 Å². The van der Waals surface area contributed by atoms with Crippen LogP contribution in [0, 0.1) is 0 Å². The highest BCUT2D eigenvalue weighted by molar-refractivity contribution is 5.85. The van der Waals surface area contributed by atoms with E-state index >= 15 is 0 Å². The molecule has 1 heterocycles. The topological polar surface area (TPSA) is 58.4 Å². The molecule has 0 aliphatic carbocycles. The maximum absolute atomic E-state index is 11.8. The summed E-state index contributed by atoms with van der Waals surface area (Å²) in [6.07, 6.45) is 4.41. The number of carbonyl (C=O) groups excluding carboxylic acids is 1. The summed E-state index contributed by atoms with van der Waals surface area (Å²) in [5, 5.41) is 0. The van der Waals surface area contributed by atoms with Gasteiger partial charge in [0.1, 0.15) is 0 Å². The van der Waals surface area contributed by atoms with Crippen LogP contribution in [0.15, 0.2) is 0 Å². The first-order valence-electron chi connectivity index (χ1n) is 5.84. The minimum Gasteiger partial charge on any atom is -0.293 e. The Balaban J connectivity index is 2.83. The highest BCUT2D eigenvalue weighted by Gasteiger charge is 2.40. The van der Waals surface area contributed by atoms with Crippen LogP contribution in [0.5, 0.6) is 0 Å². The molecule has 1 rings (SSSR count). The Morgan fingerprint density at radius 2 is 2.27 bits per heavy atom. The Hall–Kier alpha value is -0.610. The SMILES string of the molecule is CC[C@](C)(C(=O)NN)N1CCCC[C@@H]1C. The Labute approximate surface area is 92.2 Å². The molecule has 1 saturated heterocycles. The lowest BCUT2D eigenvalue weighted by atomic mass is 9.89. The summed E-state index contributed by atoms with van der Waals surface area (Å²) in [6, 6.07) is 0.473. The predicted molar refractivity (Wildman–Crippen MR) is 61.0 cm³/mol. The maximum Gasteiger partial charge on any atom is 0.254 e. The summed E-state index contributed by atoms with van der Waals surface area (Å²) in [7, 11) is 0. The molecule has 1 aliphatic rings. The lowest BCUT2D eigenvalue weighted by Crippen LogP contribution is -2.61. The number of nitrogens with one attached hydrogen (secondary N) is 1. The fourth-order valence-electron chi connectivity index (χ4n) is 2.48. The largest absolute Gasteiger partial charge is 0.293 e. The van der Waals surface area contributed by atoms with Crippen LogP contribution < -0.4 is 11.3 Å². The van der Waals surface area contributed by atoms with Gasteiger partial charge in [0.15, 0.2) is 0 Å². The molecule has 0 saturated carbocycles. The summed E-state index contributed by atoms with van der Waals surface area (Å²) in [6.45, 7) is 7.21. The van der Waals surface area contributed by atoms with E-state index in [0.29, 0.717) is 6.04 Å². The van der Waals surface area contributed by atoms with Gasteiger partial charge in [-0.05, 0) is 39.7 Å². The Morgan fingerprint density at radius 3 is 2.73 bits per heavy atom. The number of carbonyl (C=O) groups is 1. The van der Waals surface area contributed by atoms with Crippen LogP contribution in [0.3, 0.4) is 0 Å². The van der Waals surface area contributed by atoms with Crippen LogP contribution in [-0.2, 0) is 4.79 Å². The summed E-state index contributed by atoms with van der Waals surface area (Å²) >= 11 is 0. The number of hydrogen-bond acceptors (Lipinski definition) is 3. The van der Waals surface area contributed by atoms with Gasteiger partial charge < -0.3 is 0 Å². The molecule has 1 amide bonds. The van der Waals surface area contributed by atoms with Crippen molar-refractivity contribution in [3.8, 4) is 0 Å². The van der Waals surface area contributed by atoms with Gasteiger partial charge in [0.25, 0.3) is 5.91 Å². The quantitative estimate of drug-likeness (QED) is 0.418. The zero-order valence-electron chi connectivity index (χ0n) is 10.0. The van der Waals surface area contributed by atoms with Crippen LogP contribution in [0.2, 0.25) is 0 Å². The summed E-state index contributed by atoms with van der Waals surface area (Å²) in [4.78, 5) is 14.1. The van der Waals surface area contributed by atoms with Gasteiger partial charge in [-0.3, -0.25) is 15.1 Å². The van der Waals surface area contributed by atoms with Crippen molar-refractivity contribution in [1.29, 1.82) is 0 Å². The van der Waals surface area contributed by atoms with Gasteiger partial charge in [0.05, 0.1) is 5.54 Å². The third kappa shape index (κ3) is 2.32. The van der Waals surface area contributed by atoms with E-state index < -0.39 is 5.54 Å². The fourth-order valence-corrected chi connectivity index (χ4v) is 2.48. The van der Waals surface area contributed by atoms with Gasteiger partial charge in [0.2, 0.25) is 0 Å². The Bertz CT molecular complexity index is 232. The van der Waals surface area contributed by atoms with Gasteiger partial charge in [-0.2, -0.15) is 0 Å². The van der Waals surface area contributed by atoms with Crippen molar-refractivity contribution in [1.82, 2.24) is 10.3 Å². The predicted octanol–water partition coefficient (Wildman–Crippen LogP) is 1.02. The van der Waals surface area contributed by atoms with E-state index in [1.165, 1.54) is 19.3 Å². The highest BCUT2D eigenvalue weighted by atomic mass is 16.2. The van der Waals surface area contributed by atoms with Crippen LogP contribution in [-0.4, -0.2) is 28.9 Å². The zero-order valence-corrected chi connectivity index (χ0v) is 10.0. The standard InChI is InChI=1S/C11H23N3O/c1-4-11(3,10(15)13-12)14-8-6-5-7-9(14)2/h9H,4-8,12H2,1-3H3,(H,13,15)/t9-,11+/m0/s1. The molecule has 0 aromatic heterocycles. The third-order valence-electron chi connectivity index (χ3n) is 3.75. The summed E-state index contributed by atoms with van der Waals surface area (Å²) in [5.41, 5.74) is 1.84. The van der Waals surface area contributed by atoms with Crippen LogP contribution in [0.1, 0.15) is 46.5 Å². The molecule has 1 aliphatic heterocycles. The third-order valence-corrected chi connectivity index (χ3v) is 3.75. The van der Waals surface area contributed by atoms with Gasteiger partial charge >= 0.3 is 0 Å². The fraction of sp³-hybridized carbons (Fsp3) is 0.909. The van der Waals surface area contributed by atoms with E-state index in [2.05, 4.69) is 17.2 Å². The Morgan fingerprint density at radius 1 is 1.60 bits per heavy atom. The van der Waals surface area contributed by atoms with Crippen LogP contribution in [0.4, 0.5) is 0 Å². The molecule has 1 fully saturated rings. The maximum atomic E-state index is 11.8. The molecule has 0 bridgehead atoms. The number of piperidine rings is 1. The summed E-state index contributed by atoms with van der Waals surface area (Å²) in [5.74, 6) is 5.19. The number of hydrazine groups is 1. The first-order chi connectivity index (χ1) is 7.06. The minimum atomic E-state index is -0.450. The summed E-state index contributed by atoms with van der Waals surface area (Å²) < 4.78 is 0. The molecule has 4 heteroatoms. The van der Waals surface area contributed by atoms with Crippen molar-refractivity contribution in [2.75, 3.05) is 6.54 Å². The molecule has 2 atom stereocenters. The van der Waals surface area contributed by atoms with E-state index in [-0.39, 0.29) is 5.91 Å². The van der Waals surface area contributed by atoms with E-state index in [4.69, 9.17) is 5.84 Å². The van der Waals surface area contributed by atoms with Gasteiger partial charge in [0, 0.05) is 6.04 Å². The number of likely N-dealkylation sites (tertiary alicyclic amines) is 1. The Kier molecular flexibility index (Phi) is 4.11. The molecule has 4 nitrogen and oxygen atoms in total. The normalized spacial score (nSPS) is 27.1. The van der Waals surface area contributed by atoms with Crippen molar-refractivity contribution in [2.24, 2.45) is 5.84 Å². The van der Waals surface area contributed by atoms with E-state index in [1.54, 1.807) is 0 Å². The van der Waals surface area contributed by atoms with Crippen molar-refractivity contribution >= 4 is 5.91 Å². The molecule has 3 N–H and O–H groups in total. The van der Waals surface area contributed by atoms with Crippen molar-refractivity contribution in [2.45, 2.75) is 58.0 Å². The molecule has 15 heavy (non-hydrogen) atoms. The second-order valence-electron chi connectivity index (χ2n) is 4.64. The van der Waals surface area contributed by atoms with Gasteiger partial charge in [-0.15, -0.1) is 0 Å². The van der Waals surface area contributed by atoms with E-state index in [0.717, 1.165) is 13.0 Å². The molecule has 0 aromatic carbocycles. The average Bonchev–Trinajstić information content (AvgIpc) is 2.27. The smallest absolute Gasteiger partial charge is 0.254 e. The van der Waals surface area contributed by atoms with Gasteiger partial charge in [-0.25, -0.2) is 5.84 Å². The number of amides is 1. The van der Waals surface area contributed by atoms with E-state index in [9.17, 15) is 4.79 Å². The molecular weight excluding hydrogens is 190 g/mol. The molecule has 0 radical (unpaired) electrons. The lowest BCUT2D eigenvalue weighted by Gasteiger charge is -2.45. The lowest BCUT2D eigenvalue weighted by molar-refractivity contribution is -0.135. The van der Waals surface area contributed by atoms with Crippen molar-refractivity contribution in [3.63, 3.8) is 0 Å². The molecule has 0 aromatic rings. The van der Waals surface area contributed by atoms with Crippen LogP contribution >= 0.6 is 0 Å². The highest BCUT2D eigenvalue weighted by Crippen LogP contribution is 2.28. The number of hydrogen-bond donors (Lipinski definition) is 2. The first-order valence-corrected chi connectivity index (χ1v) is 5.84. The second-order valence-corrected chi connectivity index (χ2v) is 4.64. The second kappa shape index (κ2) is 4.94. The molecule has 0 unspecified atom stereocenters. The zero-order chi connectivity index (χ0) is 11.5. The molecular formula is C11H23N3O. The molecule has 88 valence electrons. The first kappa shape index (κ1) is 12.5. The number of nitrogens with zero attached hydrogens (tertiary/aromatic N) is 1. The number of nitrogens with two attached hydrogens (primary N) is 1. The minimum absolute atomic E-state index is 0.0706. The van der Waals surface area contributed by atoms with Crippen molar-refractivity contribution in [3.05, 3.63) is 0 Å². The monoisotopic (exact) mass is 213 g/mol. The van der Waals surface area contributed by atoms with Crippen molar-refractivity contribution < 1.29 is 4.79 Å².